The highest BCUT2D eigenvalue weighted by Crippen LogP contribution is 2.49. The van der Waals surface area contributed by atoms with Crippen LogP contribution in [0.2, 0.25) is 0 Å². The number of hydrogen-bond donors (Lipinski definition) is 2. The van der Waals surface area contributed by atoms with Crippen LogP contribution in [0.3, 0.4) is 0 Å². The van der Waals surface area contributed by atoms with Gasteiger partial charge in [0, 0.05) is 36.1 Å². The van der Waals surface area contributed by atoms with Crippen molar-refractivity contribution in [3.63, 3.8) is 0 Å². The maximum atomic E-state index is 14.0. The second-order valence-corrected chi connectivity index (χ2v) is 10.9. The van der Waals surface area contributed by atoms with Gasteiger partial charge in [-0.05, 0) is 74.3 Å². The zero-order chi connectivity index (χ0) is 27.3. The Labute approximate surface area is 225 Å². The number of amides is 3. The molecule has 0 bridgehead atoms. The first-order valence-electron chi connectivity index (χ1n) is 13.5. The van der Waals surface area contributed by atoms with Gasteiger partial charge >= 0.3 is 12.6 Å². The minimum absolute atomic E-state index is 0.0219. The Morgan fingerprint density at radius 1 is 1.08 bits per heavy atom. The number of rotatable bonds is 6. The van der Waals surface area contributed by atoms with E-state index in [1.54, 1.807) is 42.2 Å². The number of alkyl halides is 2. The number of aromatic hydroxyl groups is 1. The third-order valence-corrected chi connectivity index (χ3v) is 8.39. The molecule has 2 unspecified atom stereocenters. The molecule has 6 rings (SSSR count). The molecule has 3 amide bonds. The van der Waals surface area contributed by atoms with Gasteiger partial charge in [-0.1, -0.05) is 25.0 Å². The lowest BCUT2D eigenvalue weighted by molar-refractivity contribution is -0.133. The first kappa shape index (κ1) is 25.6. The summed E-state index contributed by atoms with van der Waals surface area (Å²) in [6.45, 7) is 1.66. The number of ether oxygens (including phenoxy) is 1. The number of carbonyl (C=O) groups excluding carboxylic acids is 2. The highest BCUT2D eigenvalue weighted by molar-refractivity contribution is 6.08. The number of H-pyrrole nitrogens is 1. The Morgan fingerprint density at radius 3 is 2.56 bits per heavy atom. The molecule has 2 fully saturated rings. The molecule has 0 radical (unpaired) electrons. The second-order valence-electron chi connectivity index (χ2n) is 10.9. The van der Waals surface area contributed by atoms with E-state index < -0.39 is 18.2 Å². The maximum Gasteiger partial charge on any atom is 0.387 e. The monoisotopic (exact) mass is 538 g/mol. The van der Waals surface area contributed by atoms with Gasteiger partial charge in [0.05, 0.1) is 0 Å². The highest BCUT2D eigenvalue weighted by atomic mass is 19.3. The molecule has 3 aliphatic rings. The number of phenolic OH excluding ortho intramolecular Hbond substituents is 1. The summed E-state index contributed by atoms with van der Waals surface area (Å²) in [5.41, 5.74) is 1.61. The zero-order valence-corrected chi connectivity index (χ0v) is 21.8. The minimum Gasteiger partial charge on any atom is -0.508 e. The largest absolute Gasteiger partial charge is 0.508 e. The van der Waals surface area contributed by atoms with Gasteiger partial charge in [-0.3, -0.25) is 14.6 Å². The molecule has 10 heteroatoms. The van der Waals surface area contributed by atoms with Gasteiger partial charge in [-0.2, -0.15) is 8.78 Å². The lowest BCUT2D eigenvalue weighted by atomic mass is 9.81. The number of benzene rings is 2. The Kier molecular flexibility index (Phi) is 6.45. The van der Waals surface area contributed by atoms with Gasteiger partial charge in [-0.15, -0.1) is 0 Å². The number of nitrogens with one attached hydrogen (secondary N) is 1. The van der Waals surface area contributed by atoms with E-state index in [1.165, 1.54) is 23.8 Å². The normalized spacial score (nSPS) is 23.8. The standard InChI is InChI=1S/C29H32F2N4O4/c1-29-17-22-21-16-20(39-27(30)31)9-10-23(21)32-24(22)25(18-7-6-8-19(36)15-18)35(29)28(38)34(26(29)37)14-13-33-11-4-2-3-5-12-33/h6-10,15-16,25,27,32,36H,2-5,11-14,17H2,1H3. The van der Waals surface area contributed by atoms with E-state index in [0.29, 0.717) is 35.2 Å². The number of halogens is 2. The molecule has 0 aliphatic carbocycles. The van der Waals surface area contributed by atoms with Crippen LogP contribution < -0.4 is 4.74 Å². The molecule has 4 heterocycles. The molecule has 8 nitrogen and oxygen atoms in total. The molecule has 206 valence electrons. The summed E-state index contributed by atoms with van der Waals surface area (Å²) in [5.74, 6) is -0.206. The van der Waals surface area contributed by atoms with Crippen LogP contribution in [0.25, 0.3) is 10.9 Å². The third kappa shape index (κ3) is 4.40. The van der Waals surface area contributed by atoms with Gasteiger partial charge in [0.1, 0.15) is 23.1 Å². The van der Waals surface area contributed by atoms with Crippen LogP contribution >= 0.6 is 0 Å². The van der Waals surface area contributed by atoms with E-state index in [9.17, 15) is 23.5 Å². The Hall–Kier alpha value is -3.66. The number of hydrogen-bond acceptors (Lipinski definition) is 5. The molecule has 2 atom stereocenters. The van der Waals surface area contributed by atoms with Crippen LogP contribution in [0.5, 0.6) is 11.5 Å². The zero-order valence-electron chi connectivity index (χ0n) is 21.8. The van der Waals surface area contributed by atoms with Crippen molar-refractivity contribution in [3.8, 4) is 11.5 Å². The SMILES string of the molecule is CC12Cc3c([nH]c4ccc(OC(F)F)cc34)C(c3cccc(O)c3)N1C(=O)N(CCN1CCCCCC1)C2=O. The van der Waals surface area contributed by atoms with Crippen LogP contribution in [-0.2, 0) is 11.2 Å². The summed E-state index contributed by atoms with van der Waals surface area (Å²) in [5, 5.41) is 11.0. The summed E-state index contributed by atoms with van der Waals surface area (Å²) >= 11 is 0. The number of carbonyl (C=O) groups is 2. The smallest absolute Gasteiger partial charge is 0.387 e. The number of fused-ring (bicyclic) bond motifs is 4. The fraction of sp³-hybridized carbons (Fsp3) is 0.448. The molecule has 0 saturated carbocycles. The summed E-state index contributed by atoms with van der Waals surface area (Å²) in [6, 6.07) is 10.3. The fourth-order valence-electron chi connectivity index (χ4n) is 6.51. The number of likely N-dealkylation sites (tertiary alicyclic amines) is 1. The highest BCUT2D eigenvalue weighted by Gasteiger charge is 2.60. The van der Waals surface area contributed by atoms with Crippen LogP contribution in [0, 0.1) is 0 Å². The molecule has 1 aromatic heterocycles. The number of nitrogens with zero attached hydrogens (tertiary/aromatic N) is 3. The quantitative estimate of drug-likeness (QED) is 0.431. The van der Waals surface area contributed by atoms with Crippen LogP contribution in [0.4, 0.5) is 13.6 Å². The molecule has 2 aromatic carbocycles. The average molecular weight is 539 g/mol. The van der Waals surface area contributed by atoms with E-state index in [2.05, 4.69) is 14.6 Å². The molecule has 39 heavy (non-hydrogen) atoms. The number of aromatic nitrogens is 1. The number of aromatic amines is 1. The van der Waals surface area contributed by atoms with Crippen molar-refractivity contribution in [1.82, 2.24) is 19.7 Å². The van der Waals surface area contributed by atoms with Crippen molar-refractivity contribution in [2.45, 2.75) is 57.2 Å². The predicted molar refractivity (Wildman–Crippen MR) is 141 cm³/mol. The topological polar surface area (TPSA) is 89.1 Å². The lowest BCUT2D eigenvalue weighted by Gasteiger charge is -2.42. The predicted octanol–water partition coefficient (Wildman–Crippen LogP) is 5.02. The van der Waals surface area contributed by atoms with E-state index in [1.807, 2.05) is 6.07 Å². The Bertz CT molecular complexity index is 1420. The van der Waals surface area contributed by atoms with E-state index >= 15 is 0 Å². The Balaban J connectivity index is 1.42. The molecule has 0 spiro atoms. The van der Waals surface area contributed by atoms with Crippen molar-refractivity contribution in [2.24, 2.45) is 0 Å². The maximum absolute atomic E-state index is 14.0. The molecule has 3 aliphatic heterocycles. The molecule has 2 saturated heterocycles. The van der Waals surface area contributed by atoms with Crippen molar-refractivity contribution >= 4 is 22.8 Å². The first-order chi connectivity index (χ1) is 18.8. The second kappa shape index (κ2) is 9.82. The molecular weight excluding hydrogens is 506 g/mol. The average Bonchev–Trinajstić information content (AvgIpc) is 3.17. The fourth-order valence-corrected chi connectivity index (χ4v) is 6.51. The molecular formula is C29H32F2N4O4. The number of phenols is 1. The summed E-state index contributed by atoms with van der Waals surface area (Å²) in [7, 11) is 0. The van der Waals surface area contributed by atoms with Crippen LogP contribution in [0.1, 0.15) is 55.5 Å². The molecule has 2 N–H and O–H groups in total. The first-order valence-corrected chi connectivity index (χ1v) is 13.5. The van der Waals surface area contributed by atoms with Gasteiger partial charge in [0.15, 0.2) is 0 Å². The van der Waals surface area contributed by atoms with E-state index in [0.717, 1.165) is 31.5 Å². The van der Waals surface area contributed by atoms with Gasteiger partial charge in [-0.25, -0.2) is 4.79 Å². The number of urea groups is 1. The van der Waals surface area contributed by atoms with Gasteiger partial charge < -0.3 is 19.7 Å². The number of imide groups is 1. The van der Waals surface area contributed by atoms with E-state index in [-0.39, 0.29) is 29.9 Å². The van der Waals surface area contributed by atoms with Crippen molar-refractivity contribution in [3.05, 3.63) is 59.3 Å². The van der Waals surface area contributed by atoms with Gasteiger partial charge in [0.2, 0.25) is 0 Å². The lowest BCUT2D eigenvalue weighted by Crippen LogP contribution is -2.53. The van der Waals surface area contributed by atoms with Crippen LogP contribution in [0.15, 0.2) is 42.5 Å². The third-order valence-electron chi connectivity index (χ3n) is 8.39. The summed E-state index contributed by atoms with van der Waals surface area (Å²) in [6.07, 6.45) is 4.85. The van der Waals surface area contributed by atoms with E-state index in [4.69, 9.17) is 0 Å². The van der Waals surface area contributed by atoms with Crippen LogP contribution in [-0.4, -0.2) is 75.1 Å². The Morgan fingerprint density at radius 2 is 1.85 bits per heavy atom. The molecule has 3 aromatic rings. The summed E-state index contributed by atoms with van der Waals surface area (Å²) < 4.78 is 30.6. The summed E-state index contributed by atoms with van der Waals surface area (Å²) in [4.78, 5) is 36.7. The minimum atomic E-state index is -2.96. The van der Waals surface area contributed by atoms with Gasteiger partial charge in [0.25, 0.3) is 5.91 Å². The van der Waals surface area contributed by atoms with Crippen molar-refractivity contribution in [2.75, 3.05) is 26.2 Å². The van der Waals surface area contributed by atoms with Crippen molar-refractivity contribution in [1.29, 1.82) is 0 Å². The van der Waals surface area contributed by atoms with Crippen molar-refractivity contribution < 1.29 is 28.2 Å².